The van der Waals surface area contributed by atoms with E-state index in [9.17, 15) is 9.59 Å². The summed E-state index contributed by atoms with van der Waals surface area (Å²) in [7, 11) is 0. The van der Waals surface area contributed by atoms with Gasteiger partial charge in [-0.3, -0.25) is 9.59 Å². The lowest BCUT2D eigenvalue weighted by molar-refractivity contribution is -0.113. The van der Waals surface area contributed by atoms with Gasteiger partial charge in [-0.15, -0.1) is 11.8 Å². The van der Waals surface area contributed by atoms with Gasteiger partial charge < -0.3 is 15.1 Å². The average molecular weight is 385 g/mol. The number of amides is 2. The number of carbonyl (C=O) groups excluding carboxylic acids is 2. The summed E-state index contributed by atoms with van der Waals surface area (Å²) in [5.41, 5.74) is 1.99. The Morgan fingerprint density at radius 3 is 2.85 bits per heavy atom. The molecule has 0 saturated carbocycles. The molecule has 26 heavy (non-hydrogen) atoms. The molecule has 1 aromatic heterocycles. The second-order valence-corrected chi connectivity index (χ2v) is 7.07. The van der Waals surface area contributed by atoms with Crippen LogP contribution in [-0.4, -0.2) is 17.6 Å². The highest BCUT2D eigenvalue weighted by atomic mass is 35.5. The second-order valence-electron chi connectivity index (χ2n) is 5.65. The van der Waals surface area contributed by atoms with Crippen LogP contribution < -0.4 is 10.6 Å². The first-order chi connectivity index (χ1) is 12.6. The van der Waals surface area contributed by atoms with Gasteiger partial charge in [0.05, 0.1) is 16.5 Å². The van der Waals surface area contributed by atoms with Crippen molar-refractivity contribution in [2.24, 2.45) is 0 Å². The smallest absolute Gasteiger partial charge is 0.291 e. The quantitative estimate of drug-likeness (QED) is 0.674. The maximum absolute atomic E-state index is 12.4. The van der Waals surface area contributed by atoms with E-state index in [1.54, 1.807) is 30.3 Å². The van der Waals surface area contributed by atoms with Crippen LogP contribution in [0.3, 0.4) is 0 Å². The number of hydrogen-bond donors (Lipinski definition) is 2. The van der Waals surface area contributed by atoms with E-state index in [-0.39, 0.29) is 17.6 Å². The number of halogens is 1. The molecule has 3 aromatic rings. The molecule has 1 aliphatic rings. The van der Waals surface area contributed by atoms with Crippen LogP contribution in [0.2, 0.25) is 5.02 Å². The molecule has 0 radical (unpaired) electrons. The zero-order valence-electron chi connectivity index (χ0n) is 13.4. The second kappa shape index (κ2) is 6.90. The van der Waals surface area contributed by atoms with Crippen molar-refractivity contribution in [2.75, 3.05) is 16.4 Å². The first-order valence-corrected chi connectivity index (χ1v) is 9.19. The van der Waals surface area contributed by atoms with E-state index < -0.39 is 0 Å². The van der Waals surface area contributed by atoms with Crippen LogP contribution in [0.5, 0.6) is 0 Å². The highest BCUT2D eigenvalue weighted by molar-refractivity contribution is 8.00. The standard InChI is InChI=1S/C19H13ClN2O3S/c20-13-4-2-1-3-12(13)15-6-7-16(25-15)19(24)21-11-5-8-17-14(9-11)22-18(23)10-26-17/h1-9H,10H2,(H,21,24)(H,22,23). The van der Waals surface area contributed by atoms with Crippen molar-refractivity contribution in [3.63, 3.8) is 0 Å². The Labute approximate surface area is 158 Å². The number of rotatable bonds is 3. The molecule has 0 unspecified atom stereocenters. The Hall–Kier alpha value is -2.70. The van der Waals surface area contributed by atoms with Crippen molar-refractivity contribution in [1.82, 2.24) is 0 Å². The van der Waals surface area contributed by atoms with Crippen molar-refractivity contribution < 1.29 is 14.0 Å². The number of hydrogen-bond acceptors (Lipinski definition) is 4. The summed E-state index contributed by atoms with van der Waals surface area (Å²) in [4.78, 5) is 24.9. The van der Waals surface area contributed by atoms with Crippen molar-refractivity contribution in [3.8, 4) is 11.3 Å². The SMILES string of the molecule is O=C1CSc2ccc(NC(=O)c3ccc(-c4ccccc4Cl)o3)cc2N1. The molecule has 2 N–H and O–H groups in total. The number of nitrogens with one attached hydrogen (secondary N) is 2. The van der Waals surface area contributed by atoms with Gasteiger partial charge in [0, 0.05) is 16.1 Å². The number of fused-ring (bicyclic) bond motifs is 1. The lowest BCUT2D eigenvalue weighted by Crippen LogP contribution is -2.19. The molecule has 4 rings (SSSR count). The monoisotopic (exact) mass is 384 g/mol. The van der Waals surface area contributed by atoms with E-state index in [4.69, 9.17) is 16.0 Å². The molecule has 0 spiro atoms. The third-order valence-corrected chi connectivity index (χ3v) is 5.24. The first kappa shape index (κ1) is 16.8. The van der Waals surface area contributed by atoms with Crippen molar-refractivity contribution in [1.29, 1.82) is 0 Å². The Morgan fingerprint density at radius 1 is 1.15 bits per heavy atom. The van der Waals surface area contributed by atoms with Crippen LogP contribution in [0.25, 0.3) is 11.3 Å². The summed E-state index contributed by atoms with van der Waals surface area (Å²) in [6.45, 7) is 0. The topological polar surface area (TPSA) is 71.3 Å². The van der Waals surface area contributed by atoms with E-state index in [0.717, 1.165) is 10.5 Å². The summed E-state index contributed by atoms with van der Waals surface area (Å²) >= 11 is 7.63. The zero-order valence-corrected chi connectivity index (χ0v) is 15.0. The number of benzene rings is 2. The molecule has 0 saturated heterocycles. The maximum Gasteiger partial charge on any atom is 0.291 e. The van der Waals surface area contributed by atoms with Gasteiger partial charge >= 0.3 is 0 Å². The molecule has 7 heteroatoms. The zero-order chi connectivity index (χ0) is 18.1. The van der Waals surface area contributed by atoms with Gasteiger partial charge in [0.2, 0.25) is 5.91 Å². The third-order valence-electron chi connectivity index (χ3n) is 3.84. The third kappa shape index (κ3) is 3.34. The minimum Gasteiger partial charge on any atom is -0.451 e. The molecular weight excluding hydrogens is 372 g/mol. The molecule has 2 heterocycles. The van der Waals surface area contributed by atoms with E-state index >= 15 is 0 Å². The lowest BCUT2D eigenvalue weighted by Gasteiger charge is -2.17. The molecule has 2 amide bonds. The van der Waals surface area contributed by atoms with Gasteiger partial charge in [0.25, 0.3) is 5.91 Å². The molecule has 0 atom stereocenters. The number of carbonyl (C=O) groups is 2. The largest absolute Gasteiger partial charge is 0.451 e. The fourth-order valence-corrected chi connectivity index (χ4v) is 3.64. The molecule has 5 nitrogen and oxygen atoms in total. The van der Waals surface area contributed by atoms with E-state index in [1.807, 2.05) is 24.3 Å². The normalized spacial score (nSPS) is 13.0. The van der Waals surface area contributed by atoms with Crippen LogP contribution in [0.4, 0.5) is 11.4 Å². The van der Waals surface area contributed by atoms with Crippen LogP contribution in [0, 0.1) is 0 Å². The maximum atomic E-state index is 12.4. The van der Waals surface area contributed by atoms with Gasteiger partial charge in [-0.1, -0.05) is 23.7 Å². The first-order valence-electron chi connectivity index (χ1n) is 7.83. The Kier molecular flexibility index (Phi) is 4.44. The fraction of sp³-hybridized carbons (Fsp3) is 0.0526. The van der Waals surface area contributed by atoms with Gasteiger partial charge in [-0.05, 0) is 42.5 Å². The highest BCUT2D eigenvalue weighted by Crippen LogP contribution is 2.34. The predicted octanol–water partition coefficient (Wildman–Crippen LogP) is 4.90. The summed E-state index contributed by atoms with van der Waals surface area (Å²) in [5.74, 6) is 0.668. The number of thioether (sulfide) groups is 1. The minimum atomic E-state index is -0.377. The van der Waals surface area contributed by atoms with Gasteiger partial charge in [0.15, 0.2) is 5.76 Å². The summed E-state index contributed by atoms with van der Waals surface area (Å²) in [6.07, 6.45) is 0. The minimum absolute atomic E-state index is 0.0543. The van der Waals surface area contributed by atoms with Crippen LogP contribution in [0.15, 0.2) is 63.9 Å². The van der Waals surface area contributed by atoms with Gasteiger partial charge in [0.1, 0.15) is 5.76 Å². The fourth-order valence-electron chi connectivity index (χ4n) is 2.62. The molecular formula is C19H13ClN2O3S. The van der Waals surface area contributed by atoms with Crippen LogP contribution in [0.1, 0.15) is 10.6 Å². The van der Waals surface area contributed by atoms with E-state index in [2.05, 4.69) is 10.6 Å². The average Bonchev–Trinajstić information content (AvgIpc) is 3.12. The van der Waals surface area contributed by atoms with Crippen LogP contribution >= 0.6 is 23.4 Å². The summed E-state index contributed by atoms with van der Waals surface area (Å²) in [6, 6.07) is 16.0. The van der Waals surface area contributed by atoms with Gasteiger partial charge in [-0.2, -0.15) is 0 Å². The van der Waals surface area contributed by atoms with E-state index in [1.165, 1.54) is 11.8 Å². The van der Waals surface area contributed by atoms with Crippen molar-refractivity contribution in [2.45, 2.75) is 4.90 Å². The Bertz CT molecular complexity index is 1020. The molecule has 2 aromatic carbocycles. The Morgan fingerprint density at radius 2 is 2.00 bits per heavy atom. The highest BCUT2D eigenvalue weighted by Gasteiger charge is 2.18. The molecule has 1 aliphatic heterocycles. The summed E-state index contributed by atoms with van der Waals surface area (Å²) in [5, 5.41) is 6.12. The Balaban J connectivity index is 1.53. The molecule has 0 fully saturated rings. The molecule has 0 bridgehead atoms. The van der Waals surface area contributed by atoms with E-state index in [0.29, 0.717) is 27.9 Å². The van der Waals surface area contributed by atoms with Crippen molar-refractivity contribution in [3.05, 3.63) is 65.4 Å². The van der Waals surface area contributed by atoms with Gasteiger partial charge in [-0.25, -0.2) is 0 Å². The molecule has 130 valence electrons. The number of furan rings is 1. The van der Waals surface area contributed by atoms with Crippen molar-refractivity contribution >= 4 is 46.6 Å². The number of anilines is 2. The lowest BCUT2D eigenvalue weighted by atomic mass is 10.2. The van der Waals surface area contributed by atoms with Crippen LogP contribution in [-0.2, 0) is 4.79 Å². The summed E-state index contributed by atoms with van der Waals surface area (Å²) < 4.78 is 5.64. The molecule has 0 aliphatic carbocycles. The predicted molar refractivity (Wildman–Crippen MR) is 103 cm³/mol.